The van der Waals surface area contributed by atoms with E-state index in [0.29, 0.717) is 12.4 Å². The predicted molar refractivity (Wildman–Crippen MR) is 54.2 cm³/mol. The molecule has 1 aromatic heterocycles. The van der Waals surface area contributed by atoms with Crippen molar-refractivity contribution in [1.29, 1.82) is 0 Å². The average molecular weight is 212 g/mol. The Kier molecular flexibility index (Phi) is 3.41. The van der Waals surface area contributed by atoms with E-state index >= 15 is 0 Å². The number of nitrogens with one attached hydrogen (secondary N) is 2. The van der Waals surface area contributed by atoms with Gasteiger partial charge < -0.3 is 0 Å². The van der Waals surface area contributed by atoms with Crippen molar-refractivity contribution >= 4 is 5.91 Å². The summed E-state index contributed by atoms with van der Waals surface area (Å²) in [5.41, 5.74) is 2.07. The molecule has 0 aliphatic carbocycles. The van der Waals surface area contributed by atoms with E-state index in [0.717, 1.165) is 0 Å². The number of hydroxylamine groups is 1. The van der Waals surface area contributed by atoms with Crippen molar-refractivity contribution < 1.29 is 9.63 Å². The molecule has 0 saturated carbocycles. The quantitative estimate of drug-likeness (QED) is 0.726. The number of aromatic amines is 1. The van der Waals surface area contributed by atoms with Crippen LogP contribution in [0.2, 0.25) is 0 Å². The van der Waals surface area contributed by atoms with E-state index in [4.69, 9.17) is 4.84 Å². The molecule has 1 aromatic rings. The molecule has 0 fully saturated rings. The van der Waals surface area contributed by atoms with Crippen molar-refractivity contribution in [3.63, 3.8) is 0 Å². The molecule has 15 heavy (non-hydrogen) atoms. The maximum absolute atomic E-state index is 11.4. The fourth-order valence-electron chi connectivity index (χ4n) is 0.882. The van der Waals surface area contributed by atoms with E-state index < -0.39 is 5.91 Å². The van der Waals surface area contributed by atoms with Crippen LogP contribution in [0.25, 0.3) is 0 Å². The van der Waals surface area contributed by atoms with Crippen molar-refractivity contribution in [2.24, 2.45) is 0 Å². The molecule has 6 nitrogen and oxygen atoms in total. The third-order valence-electron chi connectivity index (χ3n) is 1.71. The monoisotopic (exact) mass is 212 g/mol. The van der Waals surface area contributed by atoms with Crippen LogP contribution in [0.4, 0.5) is 0 Å². The first kappa shape index (κ1) is 11.6. The molecule has 84 valence electrons. The third-order valence-corrected chi connectivity index (χ3v) is 1.71. The maximum Gasteiger partial charge on any atom is 0.314 e. The number of aromatic nitrogens is 3. The zero-order chi connectivity index (χ0) is 11.5. The molecule has 0 unspecified atom stereocenters. The Morgan fingerprint density at radius 3 is 2.67 bits per heavy atom. The van der Waals surface area contributed by atoms with E-state index in [2.05, 4.69) is 20.7 Å². The minimum Gasteiger partial charge on any atom is -0.274 e. The van der Waals surface area contributed by atoms with Crippen LogP contribution in [-0.4, -0.2) is 27.7 Å². The topological polar surface area (TPSA) is 79.9 Å². The van der Waals surface area contributed by atoms with Crippen LogP contribution in [0.15, 0.2) is 0 Å². The second-order valence-corrected chi connectivity index (χ2v) is 4.12. The predicted octanol–water partition coefficient (Wildman–Crippen LogP) is 0.783. The van der Waals surface area contributed by atoms with Gasteiger partial charge in [-0.15, -0.1) is 5.10 Å². The number of H-pyrrole nitrogens is 1. The molecule has 0 atom stereocenters. The Morgan fingerprint density at radius 2 is 2.20 bits per heavy atom. The largest absolute Gasteiger partial charge is 0.314 e. The number of amides is 1. The molecule has 1 rings (SSSR count). The van der Waals surface area contributed by atoms with E-state index in [1.165, 1.54) is 0 Å². The van der Waals surface area contributed by atoms with Gasteiger partial charge in [0.2, 0.25) is 5.82 Å². The fraction of sp³-hybridized carbons (Fsp3) is 0.667. The first-order valence-electron chi connectivity index (χ1n) is 4.80. The molecule has 1 amide bonds. The van der Waals surface area contributed by atoms with Gasteiger partial charge in [-0.05, 0) is 6.92 Å². The van der Waals surface area contributed by atoms with Crippen molar-refractivity contribution in [3.8, 4) is 0 Å². The molecule has 6 heteroatoms. The Morgan fingerprint density at radius 1 is 1.53 bits per heavy atom. The summed E-state index contributed by atoms with van der Waals surface area (Å²) in [6.07, 6.45) is 0. The highest BCUT2D eigenvalue weighted by Gasteiger charge is 2.21. The lowest BCUT2D eigenvalue weighted by atomic mass is 9.96. The normalized spacial score (nSPS) is 11.5. The lowest BCUT2D eigenvalue weighted by molar-refractivity contribution is 0.0355. The first-order valence-corrected chi connectivity index (χ1v) is 4.80. The summed E-state index contributed by atoms with van der Waals surface area (Å²) >= 11 is 0. The highest BCUT2D eigenvalue weighted by atomic mass is 16.6. The molecule has 0 aliphatic heterocycles. The molecule has 0 spiro atoms. The number of nitrogens with zero attached hydrogens (tertiary/aromatic N) is 2. The van der Waals surface area contributed by atoms with Gasteiger partial charge in [0.25, 0.3) is 0 Å². The molecule has 2 N–H and O–H groups in total. The fourth-order valence-corrected chi connectivity index (χ4v) is 0.882. The highest BCUT2D eigenvalue weighted by molar-refractivity contribution is 5.89. The molecule has 0 radical (unpaired) electrons. The number of carbonyl (C=O) groups excluding carboxylic acids is 1. The molecule has 0 bridgehead atoms. The van der Waals surface area contributed by atoms with Crippen LogP contribution < -0.4 is 5.48 Å². The summed E-state index contributed by atoms with van der Waals surface area (Å²) < 4.78 is 0. The summed E-state index contributed by atoms with van der Waals surface area (Å²) in [4.78, 5) is 20.2. The lowest BCUT2D eigenvalue weighted by Crippen LogP contribution is -2.25. The summed E-state index contributed by atoms with van der Waals surface area (Å²) in [5, 5.41) is 6.53. The standard InChI is InChI=1S/C9H16N4O2/c1-5-15-13-7(14)6-10-8(12-11-6)9(2,3)4/h5H2,1-4H3,(H,13,14)(H,10,11,12). The minimum absolute atomic E-state index is 0.0911. The number of rotatable bonds is 3. The average Bonchev–Trinajstić information content (AvgIpc) is 2.62. The number of hydrogen-bond donors (Lipinski definition) is 2. The molecule has 0 aromatic carbocycles. The van der Waals surface area contributed by atoms with E-state index in [-0.39, 0.29) is 11.2 Å². The van der Waals surface area contributed by atoms with Crippen LogP contribution in [-0.2, 0) is 10.3 Å². The summed E-state index contributed by atoms with van der Waals surface area (Å²) in [5.74, 6) is 0.320. The van der Waals surface area contributed by atoms with Crippen LogP contribution in [0.3, 0.4) is 0 Å². The zero-order valence-corrected chi connectivity index (χ0v) is 9.42. The van der Waals surface area contributed by atoms with Gasteiger partial charge in [-0.3, -0.25) is 14.7 Å². The van der Waals surface area contributed by atoms with E-state index in [9.17, 15) is 4.79 Å². The number of hydrogen-bond acceptors (Lipinski definition) is 4. The van der Waals surface area contributed by atoms with Gasteiger partial charge in [0.1, 0.15) is 5.82 Å². The lowest BCUT2D eigenvalue weighted by Gasteiger charge is -2.12. The SMILES string of the molecule is CCONC(=O)c1n[nH]c(C(C)(C)C)n1. The van der Waals surface area contributed by atoms with Crippen molar-refractivity contribution in [2.75, 3.05) is 6.61 Å². The highest BCUT2D eigenvalue weighted by Crippen LogP contribution is 2.17. The van der Waals surface area contributed by atoms with Gasteiger partial charge in [0.05, 0.1) is 6.61 Å². The smallest absolute Gasteiger partial charge is 0.274 e. The Labute approximate surface area is 88.4 Å². The number of carbonyl (C=O) groups is 1. The van der Waals surface area contributed by atoms with Crippen LogP contribution in [0.5, 0.6) is 0 Å². The van der Waals surface area contributed by atoms with Crippen LogP contribution >= 0.6 is 0 Å². The Hall–Kier alpha value is -1.43. The Bertz CT molecular complexity index is 340. The molecular weight excluding hydrogens is 196 g/mol. The Balaban J connectivity index is 2.72. The van der Waals surface area contributed by atoms with E-state index in [1.54, 1.807) is 6.92 Å². The molecule has 1 heterocycles. The van der Waals surface area contributed by atoms with Crippen LogP contribution in [0, 0.1) is 0 Å². The second-order valence-electron chi connectivity index (χ2n) is 4.12. The summed E-state index contributed by atoms with van der Waals surface area (Å²) in [7, 11) is 0. The minimum atomic E-state index is -0.441. The third kappa shape index (κ3) is 3.02. The summed E-state index contributed by atoms with van der Waals surface area (Å²) in [6.45, 7) is 8.13. The maximum atomic E-state index is 11.4. The molecular formula is C9H16N4O2. The van der Waals surface area contributed by atoms with Crippen LogP contribution in [0.1, 0.15) is 44.1 Å². The molecule has 0 aliphatic rings. The van der Waals surface area contributed by atoms with Gasteiger partial charge in [-0.25, -0.2) is 10.5 Å². The van der Waals surface area contributed by atoms with Gasteiger partial charge in [0.15, 0.2) is 0 Å². The zero-order valence-electron chi connectivity index (χ0n) is 9.42. The van der Waals surface area contributed by atoms with Gasteiger partial charge >= 0.3 is 5.91 Å². The van der Waals surface area contributed by atoms with Crippen molar-refractivity contribution in [2.45, 2.75) is 33.1 Å². The van der Waals surface area contributed by atoms with Crippen molar-refractivity contribution in [3.05, 3.63) is 11.6 Å². The second kappa shape index (κ2) is 4.39. The summed E-state index contributed by atoms with van der Waals surface area (Å²) in [6, 6.07) is 0. The van der Waals surface area contributed by atoms with Gasteiger partial charge in [-0.2, -0.15) is 0 Å². The molecule has 0 saturated heterocycles. The first-order chi connectivity index (χ1) is 6.95. The van der Waals surface area contributed by atoms with Gasteiger partial charge in [-0.1, -0.05) is 20.8 Å². The van der Waals surface area contributed by atoms with E-state index in [1.807, 2.05) is 20.8 Å². The van der Waals surface area contributed by atoms with Gasteiger partial charge in [0, 0.05) is 5.41 Å². The van der Waals surface area contributed by atoms with Crippen molar-refractivity contribution in [1.82, 2.24) is 20.7 Å².